The number of benzene rings is 1. The zero-order valence-electron chi connectivity index (χ0n) is 9.51. The van der Waals surface area contributed by atoms with Crippen molar-refractivity contribution in [2.75, 3.05) is 11.9 Å². The number of anilines is 1. The number of carbonyl (C=O) groups is 1. The van der Waals surface area contributed by atoms with Crippen LogP contribution in [0, 0.1) is 0 Å². The Balaban J connectivity index is 2.16. The minimum absolute atomic E-state index is 0.321. The first kappa shape index (κ1) is 13.0. The Hall–Kier alpha value is -1.47. The normalized spacial score (nSPS) is 10.1. The largest absolute Gasteiger partial charge is 0.450 e. The van der Waals surface area contributed by atoms with E-state index in [0.29, 0.717) is 11.7 Å². The summed E-state index contributed by atoms with van der Waals surface area (Å²) in [5, 5.41) is 11.6. The smallest absolute Gasteiger partial charge is 0.413 e. The molecule has 18 heavy (non-hydrogen) atoms. The average molecular weight is 328 g/mol. The first-order chi connectivity index (χ1) is 8.70. The van der Waals surface area contributed by atoms with Gasteiger partial charge in [0.2, 0.25) is 5.13 Å². The lowest BCUT2D eigenvalue weighted by Crippen LogP contribution is -2.12. The van der Waals surface area contributed by atoms with Gasteiger partial charge in [0, 0.05) is 10.0 Å². The molecule has 0 saturated carbocycles. The van der Waals surface area contributed by atoms with Crippen molar-refractivity contribution in [2.45, 2.75) is 6.92 Å². The molecule has 1 aromatic carbocycles. The van der Waals surface area contributed by atoms with E-state index < -0.39 is 6.09 Å². The third kappa shape index (κ3) is 3.05. The summed E-state index contributed by atoms with van der Waals surface area (Å²) in [5.74, 6) is 0. The Morgan fingerprint density at radius 1 is 1.44 bits per heavy atom. The predicted molar refractivity (Wildman–Crippen MR) is 73.7 cm³/mol. The van der Waals surface area contributed by atoms with E-state index in [2.05, 4.69) is 31.4 Å². The fourth-order valence-corrected chi connectivity index (χ4v) is 2.64. The van der Waals surface area contributed by atoms with Gasteiger partial charge in [-0.25, -0.2) is 4.79 Å². The second-order valence-corrected chi connectivity index (χ2v) is 5.07. The number of nitrogens with one attached hydrogen (secondary N) is 1. The number of amides is 1. The van der Waals surface area contributed by atoms with Crippen molar-refractivity contribution in [3.8, 4) is 10.6 Å². The summed E-state index contributed by atoms with van der Waals surface area (Å²) in [6, 6.07) is 7.69. The van der Waals surface area contributed by atoms with Gasteiger partial charge in [0.05, 0.1) is 6.61 Å². The molecule has 0 atom stereocenters. The molecule has 1 amide bonds. The average Bonchev–Trinajstić information content (AvgIpc) is 2.78. The summed E-state index contributed by atoms with van der Waals surface area (Å²) < 4.78 is 5.70. The molecule has 0 fully saturated rings. The number of hydrogen-bond donors (Lipinski definition) is 1. The van der Waals surface area contributed by atoms with E-state index >= 15 is 0 Å². The van der Waals surface area contributed by atoms with Crippen LogP contribution < -0.4 is 5.32 Å². The molecule has 1 aromatic heterocycles. The maximum atomic E-state index is 11.2. The molecule has 2 aromatic rings. The van der Waals surface area contributed by atoms with Gasteiger partial charge in [-0.2, -0.15) is 0 Å². The lowest BCUT2D eigenvalue weighted by atomic mass is 10.2. The summed E-state index contributed by atoms with van der Waals surface area (Å²) in [6.45, 7) is 2.06. The minimum atomic E-state index is -0.521. The maximum Gasteiger partial charge on any atom is 0.413 e. The van der Waals surface area contributed by atoms with Crippen LogP contribution in [-0.4, -0.2) is 22.9 Å². The SMILES string of the molecule is CCOC(=O)Nc1nnc(-c2ccccc2Br)s1. The molecule has 94 valence electrons. The molecular weight excluding hydrogens is 318 g/mol. The van der Waals surface area contributed by atoms with Gasteiger partial charge >= 0.3 is 6.09 Å². The molecule has 7 heteroatoms. The molecule has 5 nitrogen and oxygen atoms in total. The van der Waals surface area contributed by atoms with Gasteiger partial charge in [0.25, 0.3) is 0 Å². The van der Waals surface area contributed by atoms with E-state index in [9.17, 15) is 4.79 Å². The molecule has 0 aliphatic rings. The van der Waals surface area contributed by atoms with Crippen LogP contribution in [0.1, 0.15) is 6.92 Å². The van der Waals surface area contributed by atoms with Gasteiger partial charge in [0.15, 0.2) is 5.01 Å². The van der Waals surface area contributed by atoms with Crippen molar-refractivity contribution in [1.29, 1.82) is 0 Å². The zero-order chi connectivity index (χ0) is 13.0. The lowest BCUT2D eigenvalue weighted by Gasteiger charge is -1.99. The van der Waals surface area contributed by atoms with Gasteiger partial charge in [-0.3, -0.25) is 5.32 Å². The van der Waals surface area contributed by atoms with Crippen molar-refractivity contribution in [2.24, 2.45) is 0 Å². The molecule has 1 heterocycles. The van der Waals surface area contributed by atoms with Crippen LogP contribution in [-0.2, 0) is 4.74 Å². The molecule has 0 spiro atoms. The van der Waals surface area contributed by atoms with Gasteiger partial charge in [0.1, 0.15) is 0 Å². The van der Waals surface area contributed by atoms with E-state index in [-0.39, 0.29) is 0 Å². The van der Waals surface area contributed by atoms with Gasteiger partial charge in [-0.15, -0.1) is 10.2 Å². The monoisotopic (exact) mass is 327 g/mol. The fraction of sp³-hybridized carbons (Fsp3) is 0.182. The highest BCUT2D eigenvalue weighted by Crippen LogP contribution is 2.31. The van der Waals surface area contributed by atoms with Crippen molar-refractivity contribution in [3.63, 3.8) is 0 Å². The minimum Gasteiger partial charge on any atom is -0.450 e. The molecule has 0 aliphatic carbocycles. The fourth-order valence-electron chi connectivity index (χ4n) is 1.27. The maximum absolute atomic E-state index is 11.2. The Morgan fingerprint density at radius 3 is 2.94 bits per heavy atom. The Kier molecular flexibility index (Phi) is 4.27. The molecule has 1 N–H and O–H groups in total. The predicted octanol–water partition coefficient (Wildman–Crippen LogP) is 3.54. The lowest BCUT2D eigenvalue weighted by molar-refractivity contribution is 0.168. The van der Waals surface area contributed by atoms with E-state index in [1.807, 2.05) is 24.3 Å². The number of ether oxygens (including phenoxy) is 1. The van der Waals surface area contributed by atoms with E-state index in [1.54, 1.807) is 6.92 Å². The van der Waals surface area contributed by atoms with Crippen LogP contribution in [0.15, 0.2) is 28.7 Å². The number of carbonyl (C=O) groups excluding carboxylic acids is 1. The van der Waals surface area contributed by atoms with Crippen LogP contribution in [0.5, 0.6) is 0 Å². The van der Waals surface area contributed by atoms with Crippen LogP contribution in [0.2, 0.25) is 0 Å². The number of nitrogens with zero attached hydrogens (tertiary/aromatic N) is 2. The number of rotatable bonds is 3. The first-order valence-electron chi connectivity index (χ1n) is 5.23. The van der Waals surface area contributed by atoms with Gasteiger partial charge < -0.3 is 4.74 Å². The molecule has 0 radical (unpaired) electrons. The van der Waals surface area contributed by atoms with E-state index in [1.165, 1.54) is 11.3 Å². The Morgan fingerprint density at radius 2 is 2.22 bits per heavy atom. The molecule has 0 aliphatic heterocycles. The van der Waals surface area contributed by atoms with Crippen LogP contribution >= 0.6 is 27.3 Å². The van der Waals surface area contributed by atoms with Crippen molar-refractivity contribution < 1.29 is 9.53 Å². The topological polar surface area (TPSA) is 64.1 Å². The summed E-state index contributed by atoms with van der Waals surface area (Å²) >= 11 is 4.73. The number of aromatic nitrogens is 2. The van der Waals surface area contributed by atoms with Gasteiger partial charge in [-0.1, -0.05) is 45.5 Å². The van der Waals surface area contributed by atoms with Crippen molar-refractivity contribution in [1.82, 2.24) is 10.2 Å². The van der Waals surface area contributed by atoms with E-state index in [0.717, 1.165) is 15.0 Å². The van der Waals surface area contributed by atoms with Crippen LogP contribution in [0.4, 0.5) is 9.93 Å². The molecule has 2 rings (SSSR count). The third-order valence-corrected chi connectivity index (χ3v) is 3.58. The van der Waals surface area contributed by atoms with Gasteiger partial charge in [-0.05, 0) is 13.0 Å². The Labute approximate surface area is 116 Å². The molecular formula is C11H10BrN3O2S. The number of hydrogen-bond acceptors (Lipinski definition) is 5. The highest BCUT2D eigenvalue weighted by molar-refractivity contribution is 9.10. The van der Waals surface area contributed by atoms with Crippen molar-refractivity contribution >= 4 is 38.5 Å². The van der Waals surface area contributed by atoms with E-state index in [4.69, 9.17) is 4.74 Å². The number of halogens is 1. The van der Waals surface area contributed by atoms with Crippen LogP contribution in [0.25, 0.3) is 10.6 Å². The quantitative estimate of drug-likeness (QED) is 0.936. The summed E-state index contributed by atoms with van der Waals surface area (Å²) in [4.78, 5) is 11.2. The third-order valence-electron chi connectivity index (χ3n) is 2.01. The molecule has 0 saturated heterocycles. The summed E-state index contributed by atoms with van der Waals surface area (Å²) in [5.41, 5.74) is 0.937. The van der Waals surface area contributed by atoms with Crippen LogP contribution in [0.3, 0.4) is 0 Å². The van der Waals surface area contributed by atoms with Crippen molar-refractivity contribution in [3.05, 3.63) is 28.7 Å². The second-order valence-electron chi connectivity index (χ2n) is 3.24. The molecule has 0 bridgehead atoms. The standard InChI is InChI=1S/C11H10BrN3O2S/c1-2-17-11(16)13-10-15-14-9(18-10)7-5-3-4-6-8(7)12/h3-6H,2H2,1H3,(H,13,15,16). The highest BCUT2D eigenvalue weighted by Gasteiger charge is 2.11. The first-order valence-corrected chi connectivity index (χ1v) is 6.84. The highest BCUT2D eigenvalue weighted by atomic mass is 79.9. The molecule has 0 unspecified atom stereocenters. The Bertz CT molecular complexity index is 559. The summed E-state index contributed by atoms with van der Waals surface area (Å²) in [7, 11) is 0. The second kappa shape index (κ2) is 5.92. The zero-order valence-corrected chi connectivity index (χ0v) is 11.9. The summed E-state index contributed by atoms with van der Waals surface area (Å²) in [6.07, 6.45) is -0.521.